The molecule has 152 valence electrons. The predicted octanol–water partition coefficient (Wildman–Crippen LogP) is 5.32. The van der Waals surface area contributed by atoms with Gasteiger partial charge in [0.15, 0.2) is 17.3 Å². The summed E-state index contributed by atoms with van der Waals surface area (Å²) in [7, 11) is 1.63. The molecule has 6 nitrogen and oxygen atoms in total. The Morgan fingerprint density at radius 1 is 1.14 bits per heavy atom. The lowest BCUT2D eigenvalue weighted by atomic mass is 10.2. The monoisotopic (exact) mass is 474 g/mol. The van der Waals surface area contributed by atoms with Gasteiger partial charge >= 0.3 is 0 Å². The molecule has 1 heterocycles. The van der Waals surface area contributed by atoms with E-state index in [2.05, 4.69) is 50.3 Å². The fraction of sp³-hybridized carbons (Fsp3) is 0.286. The number of hydrogen-bond donors (Lipinski definition) is 0. The number of hydrogen-bond acceptors (Lipinski definition) is 6. The fourth-order valence-corrected chi connectivity index (χ4v) is 3.66. The van der Waals surface area contributed by atoms with Crippen LogP contribution in [0.25, 0.3) is 0 Å². The number of ether oxygens (including phenoxy) is 2. The van der Waals surface area contributed by atoms with Crippen LogP contribution in [0.1, 0.15) is 30.3 Å². The third-order valence-electron chi connectivity index (χ3n) is 4.02. The molecular weight excluding hydrogens is 452 g/mol. The summed E-state index contributed by atoms with van der Waals surface area (Å²) in [6.45, 7) is 4.61. The van der Waals surface area contributed by atoms with Crippen LogP contribution in [0.4, 0.5) is 0 Å². The van der Waals surface area contributed by atoms with E-state index in [-0.39, 0.29) is 0 Å². The smallest absolute Gasteiger partial charge is 0.212 e. The maximum atomic E-state index is 5.70. The normalized spacial score (nSPS) is 11.2. The highest BCUT2D eigenvalue weighted by Gasteiger charge is 2.09. The molecule has 0 unspecified atom stereocenters. The van der Waals surface area contributed by atoms with Crippen molar-refractivity contribution in [3.8, 4) is 11.5 Å². The lowest BCUT2D eigenvalue weighted by molar-refractivity contribution is 0.294. The van der Waals surface area contributed by atoms with Gasteiger partial charge < -0.3 is 9.47 Å². The molecule has 3 aromatic rings. The molecule has 0 N–H and O–H groups in total. The molecular formula is C21H23BrN4O2S. The maximum Gasteiger partial charge on any atom is 0.212 e. The van der Waals surface area contributed by atoms with Crippen LogP contribution in [0.2, 0.25) is 0 Å². The van der Waals surface area contributed by atoms with E-state index in [4.69, 9.17) is 9.47 Å². The van der Waals surface area contributed by atoms with Gasteiger partial charge in [-0.15, -0.1) is 10.2 Å². The van der Waals surface area contributed by atoms with E-state index in [0.717, 1.165) is 38.9 Å². The zero-order valence-electron chi connectivity index (χ0n) is 16.6. The van der Waals surface area contributed by atoms with Gasteiger partial charge in [-0.05, 0) is 54.8 Å². The van der Waals surface area contributed by atoms with Crippen molar-refractivity contribution < 1.29 is 9.47 Å². The number of thioether (sulfide) groups is 1. The van der Waals surface area contributed by atoms with Crippen molar-refractivity contribution in [2.45, 2.75) is 31.2 Å². The molecule has 29 heavy (non-hydrogen) atoms. The highest BCUT2D eigenvalue weighted by atomic mass is 79.9. The Hall–Kier alpha value is -2.32. The Bertz CT molecular complexity index is 973. The third-order valence-corrected chi connectivity index (χ3v) is 5.54. The Labute approximate surface area is 183 Å². The van der Waals surface area contributed by atoms with E-state index in [1.165, 1.54) is 5.56 Å². The van der Waals surface area contributed by atoms with Crippen LogP contribution in [0.3, 0.4) is 0 Å². The van der Waals surface area contributed by atoms with E-state index in [1.807, 2.05) is 37.3 Å². The predicted molar refractivity (Wildman–Crippen MR) is 120 cm³/mol. The second-order valence-electron chi connectivity index (χ2n) is 6.26. The summed E-state index contributed by atoms with van der Waals surface area (Å²) >= 11 is 5.05. The molecule has 0 saturated heterocycles. The molecule has 2 aromatic carbocycles. The van der Waals surface area contributed by atoms with Crippen molar-refractivity contribution in [3.05, 3.63) is 63.9 Å². The highest BCUT2D eigenvalue weighted by Crippen LogP contribution is 2.28. The number of nitrogens with zero attached hydrogens (tertiary/aromatic N) is 4. The lowest BCUT2D eigenvalue weighted by Gasteiger charge is -2.10. The molecule has 0 aliphatic heterocycles. The van der Waals surface area contributed by atoms with Gasteiger partial charge in [0, 0.05) is 10.2 Å². The topological polar surface area (TPSA) is 61.5 Å². The van der Waals surface area contributed by atoms with Crippen molar-refractivity contribution in [2.24, 2.45) is 5.10 Å². The van der Waals surface area contributed by atoms with Crippen molar-refractivity contribution in [1.82, 2.24) is 14.9 Å². The van der Waals surface area contributed by atoms with Crippen LogP contribution in [-0.4, -0.2) is 34.8 Å². The minimum atomic E-state index is 0.655. The van der Waals surface area contributed by atoms with Gasteiger partial charge in [0.1, 0.15) is 0 Å². The van der Waals surface area contributed by atoms with Gasteiger partial charge in [-0.25, -0.2) is 0 Å². The lowest BCUT2D eigenvalue weighted by Crippen LogP contribution is -1.99. The fourth-order valence-electron chi connectivity index (χ4n) is 2.51. The Morgan fingerprint density at radius 3 is 2.66 bits per heavy atom. The van der Waals surface area contributed by atoms with E-state index in [0.29, 0.717) is 12.4 Å². The molecule has 0 aliphatic rings. The summed E-state index contributed by atoms with van der Waals surface area (Å²) in [5, 5.41) is 13.7. The van der Waals surface area contributed by atoms with Gasteiger partial charge in [-0.1, -0.05) is 46.7 Å². The number of methoxy groups -OCH3 is 1. The molecule has 1 aromatic heterocycles. The van der Waals surface area contributed by atoms with E-state index in [9.17, 15) is 0 Å². The van der Waals surface area contributed by atoms with Crippen molar-refractivity contribution in [3.63, 3.8) is 0 Å². The van der Waals surface area contributed by atoms with Crippen molar-refractivity contribution >= 4 is 33.9 Å². The van der Waals surface area contributed by atoms with Gasteiger partial charge in [-0.3, -0.25) is 0 Å². The van der Waals surface area contributed by atoms with Crippen LogP contribution >= 0.6 is 27.7 Å². The van der Waals surface area contributed by atoms with E-state index < -0.39 is 0 Å². The molecule has 0 bridgehead atoms. The van der Waals surface area contributed by atoms with Crippen LogP contribution < -0.4 is 9.47 Å². The number of rotatable bonds is 9. The molecule has 0 radical (unpaired) electrons. The molecule has 0 atom stereocenters. The Balaban J connectivity index is 1.73. The molecule has 3 rings (SSSR count). The van der Waals surface area contributed by atoms with Crippen molar-refractivity contribution in [1.29, 1.82) is 0 Å². The minimum Gasteiger partial charge on any atom is -0.493 e. The van der Waals surface area contributed by atoms with Crippen LogP contribution in [0.5, 0.6) is 11.5 Å². The van der Waals surface area contributed by atoms with Crippen LogP contribution in [-0.2, 0) is 5.75 Å². The van der Waals surface area contributed by atoms with Crippen LogP contribution in [0, 0.1) is 6.92 Å². The standard InChI is InChI=1S/C21H23BrN4O2S/c1-4-11-28-19-10-7-17(12-20(19)27-3)13-23-26-15(2)24-25-21(26)29-14-16-5-8-18(22)9-6-16/h5-10,12-13H,4,11,14H2,1-3H3/b23-13-. The van der Waals surface area contributed by atoms with Crippen molar-refractivity contribution in [2.75, 3.05) is 13.7 Å². The van der Waals surface area contributed by atoms with E-state index in [1.54, 1.807) is 29.8 Å². The van der Waals surface area contributed by atoms with Gasteiger partial charge in [-0.2, -0.15) is 9.78 Å². The molecule has 0 spiro atoms. The number of benzene rings is 2. The second-order valence-corrected chi connectivity index (χ2v) is 8.12. The SMILES string of the molecule is CCCOc1ccc(/C=N\n2c(C)nnc2SCc2ccc(Br)cc2)cc1OC. The first-order valence-electron chi connectivity index (χ1n) is 9.25. The summed E-state index contributed by atoms with van der Waals surface area (Å²) in [6.07, 6.45) is 2.71. The molecule has 0 amide bonds. The van der Waals surface area contributed by atoms with Crippen LogP contribution in [0.15, 0.2) is 57.2 Å². The number of aromatic nitrogens is 3. The summed E-state index contributed by atoms with van der Waals surface area (Å²) in [4.78, 5) is 0. The summed E-state index contributed by atoms with van der Waals surface area (Å²) in [5.41, 5.74) is 2.12. The first-order chi connectivity index (χ1) is 14.1. The third kappa shape index (κ3) is 5.83. The minimum absolute atomic E-state index is 0.655. The summed E-state index contributed by atoms with van der Waals surface area (Å²) < 4.78 is 14.0. The zero-order chi connectivity index (χ0) is 20.6. The first-order valence-corrected chi connectivity index (χ1v) is 11.0. The summed E-state index contributed by atoms with van der Waals surface area (Å²) in [5.74, 6) is 2.94. The molecule has 8 heteroatoms. The number of aryl methyl sites for hydroxylation is 1. The zero-order valence-corrected chi connectivity index (χ0v) is 19.0. The molecule has 0 saturated carbocycles. The largest absolute Gasteiger partial charge is 0.493 e. The van der Waals surface area contributed by atoms with Gasteiger partial charge in [0.05, 0.1) is 19.9 Å². The number of halogens is 1. The summed E-state index contributed by atoms with van der Waals surface area (Å²) in [6, 6.07) is 14.0. The second kappa shape index (κ2) is 10.5. The average Bonchev–Trinajstić information content (AvgIpc) is 3.10. The maximum absolute atomic E-state index is 5.70. The molecule has 0 fully saturated rings. The Kier molecular flexibility index (Phi) is 7.71. The van der Waals surface area contributed by atoms with E-state index >= 15 is 0 Å². The molecule has 0 aliphatic carbocycles. The highest BCUT2D eigenvalue weighted by molar-refractivity contribution is 9.10. The average molecular weight is 475 g/mol. The first kappa shape index (κ1) is 21.4. The van der Waals surface area contributed by atoms with Gasteiger partial charge in [0.2, 0.25) is 5.16 Å². The quantitative estimate of drug-likeness (QED) is 0.310. The van der Waals surface area contributed by atoms with Gasteiger partial charge in [0.25, 0.3) is 0 Å². The Morgan fingerprint density at radius 2 is 1.93 bits per heavy atom.